The van der Waals surface area contributed by atoms with Crippen LogP contribution in [0, 0.1) is 0 Å². The SMILES string of the molecule is CC1=CC(c2ccc(N)c(C(=O)Nc3cnccc3N3CCCCC3)n2)=CN=C(N)[I-]1. The molecule has 0 bridgehead atoms. The summed E-state index contributed by atoms with van der Waals surface area (Å²) in [6.45, 7) is 3.97. The number of anilines is 3. The van der Waals surface area contributed by atoms with Gasteiger partial charge in [-0.05, 0) is 19.3 Å². The van der Waals surface area contributed by atoms with E-state index in [9.17, 15) is 4.79 Å². The summed E-state index contributed by atoms with van der Waals surface area (Å²) in [4.78, 5) is 28.4. The van der Waals surface area contributed by atoms with Gasteiger partial charge < -0.3 is 0 Å². The molecule has 8 nitrogen and oxygen atoms in total. The standard InChI is InChI=1S/C22H25IN7O/c1-14-11-15(12-27-22(25)23-14)17-6-5-16(24)20(28-17)21(31)29-18-13-26-8-7-19(18)30-9-3-2-4-10-30/h5-8,11-13H,2-4,9-10,24H2,1H3,(H2,25,27)(H,29,31)/q-1. The van der Waals surface area contributed by atoms with Gasteiger partial charge in [-0.1, -0.05) is 0 Å². The molecule has 0 unspecified atom stereocenters. The molecule has 9 heteroatoms. The van der Waals surface area contributed by atoms with Crippen LogP contribution in [0.4, 0.5) is 17.1 Å². The summed E-state index contributed by atoms with van der Waals surface area (Å²) in [7, 11) is 0. The van der Waals surface area contributed by atoms with Crippen molar-refractivity contribution >= 4 is 32.4 Å². The van der Waals surface area contributed by atoms with Gasteiger partial charge in [0.2, 0.25) is 0 Å². The molecule has 2 aromatic rings. The summed E-state index contributed by atoms with van der Waals surface area (Å²) in [6.07, 6.45) is 10.6. The van der Waals surface area contributed by atoms with Gasteiger partial charge in [-0.2, -0.15) is 0 Å². The topological polar surface area (TPSA) is 123 Å². The number of hydrogen-bond acceptors (Lipinski definition) is 7. The molecule has 0 radical (unpaired) electrons. The Morgan fingerprint density at radius 1 is 1.16 bits per heavy atom. The number of aliphatic imine (C=N–C) groups is 1. The van der Waals surface area contributed by atoms with E-state index < -0.39 is 21.2 Å². The van der Waals surface area contributed by atoms with Crippen LogP contribution in [0.3, 0.4) is 0 Å². The van der Waals surface area contributed by atoms with Crippen LogP contribution in [0.5, 0.6) is 0 Å². The number of amidine groups is 1. The van der Waals surface area contributed by atoms with Crippen LogP contribution >= 0.6 is 0 Å². The van der Waals surface area contributed by atoms with Gasteiger partial charge in [0.05, 0.1) is 0 Å². The number of hydrogen-bond donors (Lipinski definition) is 3. The monoisotopic (exact) mass is 530 g/mol. The zero-order valence-corrected chi connectivity index (χ0v) is 19.5. The van der Waals surface area contributed by atoms with Gasteiger partial charge in [-0.15, -0.1) is 0 Å². The van der Waals surface area contributed by atoms with E-state index in [2.05, 4.69) is 25.2 Å². The van der Waals surface area contributed by atoms with E-state index >= 15 is 0 Å². The van der Waals surface area contributed by atoms with Crippen LogP contribution in [0.15, 0.2) is 51.4 Å². The summed E-state index contributed by atoms with van der Waals surface area (Å²) in [5, 5.41) is 2.96. The molecule has 5 N–H and O–H groups in total. The molecule has 1 saturated heterocycles. The van der Waals surface area contributed by atoms with Crippen molar-refractivity contribution in [2.75, 3.05) is 29.0 Å². The number of halogens is 1. The van der Waals surface area contributed by atoms with E-state index in [0.717, 1.165) is 37.2 Å². The van der Waals surface area contributed by atoms with Gasteiger partial charge >= 0.3 is 173 Å². The number of aromatic nitrogens is 2. The molecule has 31 heavy (non-hydrogen) atoms. The number of amides is 1. The molecule has 4 heterocycles. The zero-order valence-electron chi connectivity index (χ0n) is 17.3. The van der Waals surface area contributed by atoms with Crippen molar-refractivity contribution in [3.05, 3.63) is 57.8 Å². The van der Waals surface area contributed by atoms with Gasteiger partial charge in [-0.3, -0.25) is 0 Å². The van der Waals surface area contributed by atoms with E-state index in [1.54, 1.807) is 30.7 Å². The Morgan fingerprint density at radius 3 is 2.77 bits per heavy atom. The first-order chi connectivity index (χ1) is 15.0. The Hall–Kier alpha value is -2.95. The third-order valence-electron chi connectivity index (χ3n) is 5.11. The molecule has 0 aliphatic carbocycles. The number of piperidine rings is 1. The first-order valence-corrected chi connectivity index (χ1v) is 12.3. The van der Waals surface area contributed by atoms with Crippen LogP contribution in [0.2, 0.25) is 0 Å². The summed E-state index contributed by atoms with van der Waals surface area (Å²) < 4.78 is 1.83. The molecule has 2 aromatic heterocycles. The van der Waals surface area contributed by atoms with Crippen molar-refractivity contribution in [3.8, 4) is 0 Å². The fraction of sp³-hybridized carbons (Fsp3) is 0.273. The first-order valence-electron chi connectivity index (χ1n) is 10.1. The van der Waals surface area contributed by atoms with Crippen LogP contribution in [-0.4, -0.2) is 32.8 Å². The number of rotatable bonds is 4. The molecule has 1 fully saturated rings. The summed E-state index contributed by atoms with van der Waals surface area (Å²) in [5.74, 6) is -0.365. The summed E-state index contributed by atoms with van der Waals surface area (Å²) in [5.41, 5.74) is 15.6. The second-order valence-electron chi connectivity index (χ2n) is 7.39. The Bertz CT molecular complexity index is 1090. The predicted molar refractivity (Wildman–Crippen MR) is 120 cm³/mol. The number of allylic oxidation sites excluding steroid dienone is 3. The number of carbonyl (C=O) groups excluding carboxylic acids is 1. The van der Waals surface area contributed by atoms with Crippen LogP contribution in [0.1, 0.15) is 42.4 Å². The third kappa shape index (κ3) is 5.04. The Balaban J connectivity index is 1.62. The minimum absolute atomic E-state index is 0.175. The predicted octanol–water partition coefficient (Wildman–Crippen LogP) is -0.0366. The number of nitrogens with two attached hydrogens (primary N) is 2. The Kier molecular flexibility index (Phi) is 6.50. The van der Waals surface area contributed by atoms with Gasteiger partial charge in [0.15, 0.2) is 0 Å². The van der Waals surface area contributed by atoms with Crippen molar-refractivity contribution in [2.45, 2.75) is 26.2 Å². The maximum absolute atomic E-state index is 13.1. The quantitative estimate of drug-likeness (QED) is 0.377. The van der Waals surface area contributed by atoms with Crippen LogP contribution < -0.4 is 42.9 Å². The fourth-order valence-electron chi connectivity index (χ4n) is 3.62. The van der Waals surface area contributed by atoms with Crippen LogP contribution in [0.25, 0.3) is 5.57 Å². The molecule has 2 aliphatic heterocycles. The van der Waals surface area contributed by atoms with E-state index in [-0.39, 0.29) is 11.6 Å². The average molecular weight is 530 g/mol. The second-order valence-corrected chi connectivity index (χ2v) is 10.7. The van der Waals surface area contributed by atoms with Gasteiger partial charge in [0, 0.05) is 0 Å². The van der Waals surface area contributed by atoms with Crippen molar-refractivity contribution in [3.63, 3.8) is 0 Å². The van der Waals surface area contributed by atoms with Crippen LogP contribution in [-0.2, 0) is 0 Å². The number of carbonyl (C=O) groups is 1. The summed E-state index contributed by atoms with van der Waals surface area (Å²) in [6, 6.07) is 5.42. The van der Waals surface area contributed by atoms with E-state index in [1.807, 2.05) is 19.1 Å². The molecular weight excluding hydrogens is 505 g/mol. The molecule has 2 aliphatic rings. The normalized spacial score (nSPS) is 16.9. The number of nitrogens with zero attached hydrogens (tertiary/aromatic N) is 4. The van der Waals surface area contributed by atoms with Crippen molar-refractivity contribution < 1.29 is 26.0 Å². The average Bonchev–Trinajstić information content (AvgIpc) is 2.95. The molecule has 0 atom stereocenters. The number of pyridine rings is 2. The van der Waals surface area contributed by atoms with Gasteiger partial charge in [0.25, 0.3) is 0 Å². The second kappa shape index (κ2) is 9.46. The molecule has 0 spiro atoms. The van der Waals surface area contributed by atoms with E-state index in [0.29, 0.717) is 20.9 Å². The van der Waals surface area contributed by atoms with Crippen molar-refractivity contribution in [1.29, 1.82) is 0 Å². The van der Waals surface area contributed by atoms with Crippen molar-refractivity contribution in [2.24, 2.45) is 10.7 Å². The molecule has 0 aromatic carbocycles. The van der Waals surface area contributed by atoms with Gasteiger partial charge in [-0.25, -0.2) is 0 Å². The molecule has 4 rings (SSSR count). The zero-order chi connectivity index (χ0) is 21.8. The number of nitrogen functional groups attached to an aromatic ring is 1. The number of nitrogens with one attached hydrogen (secondary N) is 1. The first kappa shape index (κ1) is 21.3. The van der Waals surface area contributed by atoms with Crippen molar-refractivity contribution in [1.82, 2.24) is 9.97 Å². The molecular formula is C22H25IN7O-. The summed E-state index contributed by atoms with van der Waals surface area (Å²) >= 11 is -0.436. The molecule has 0 saturated carbocycles. The minimum atomic E-state index is -0.436. The van der Waals surface area contributed by atoms with Gasteiger partial charge in [0.1, 0.15) is 0 Å². The van der Waals surface area contributed by atoms with E-state index in [4.69, 9.17) is 11.5 Å². The van der Waals surface area contributed by atoms with E-state index in [1.165, 1.54) is 10.0 Å². The maximum atomic E-state index is 13.1. The molecule has 1 amide bonds. The Morgan fingerprint density at radius 2 is 1.97 bits per heavy atom. The Labute approximate surface area is 191 Å². The molecule has 162 valence electrons. The fourth-order valence-corrected chi connectivity index (χ4v) is 5.26. The third-order valence-corrected chi connectivity index (χ3v) is 7.10.